The van der Waals surface area contributed by atoms with Gasteiger partial charge in [-0.05, 0) is 26.0 Å². The van der Waals surface area contributed by atoms with E-state index >= 15 is 0 Å². The first-order chi connectivity index (χ1) is 7.81. The van der Waals surface area contributed by atoms with Crippen molar-refractivity contribution in [1.29, 1.82) is 0 Å². The quantitative estimate of drug-likeness (QED) is 0.620. The maximum Gasteiger partial charge on any atom is 0.183 e. The van der Waals surface area contributed by atoms with Gasteiger partial charge >= 0.3 is 0 Å². The van der Waals surface area contributed by atoms with E-state index in [0.717, 1.165) is 12.1 Å². The molecule has 0 aliphatic rings. The Labute approximate surface area is 129 Å². The molecule has 0 aliphatic heterocycles. The zero-order valence-corrected chi connectivity index (χ0v) is 13.4. The van der Waals surface area contributed by atoms with E-state index in [1.165, 1.54) is 5.56 Å². The zero-order valence-electron chi connectivity index (χ0n) is 10.6. The second-order valence-corrected chi connectivity index (χ2v) is 3.41. The van der Waals surface area contributed by atoms with Crippen molar-refractivity contribution in [2.45, 2.75) is 26.7 Å². The van der Waals surface area contributed by atoms with Gasteiger partial charge in [-0.25, -0.2) is 0 Å². The van der Waals surface area contributed by atoms with Crippen LogP contribution in [0.15, 0.2) is 24.3 Å². The van der Waals surface area contributed by atoms with Gasteiger partial charge in [-0.1, -0.05) is 24.3 Å². The van der Waals surface area contributed by atoms with Crippen LogP contribution in [-0.2, 0) is 48.7 Å². The number of benzene rings is 1. The molecule has 0 spiro atoms. The Morgan fingerprint density at radius 1 is 1.12 bits per heavy atom. The standard InChI is InChI=1S/C13H20NO2.Y/c1-4-15-13(16-5-2)12-8-6-11(7-9-12)10-14-3;/h6-9,13-14H,3-5,10H2,1-2H3;/q-1;. The summed E-state index contributed by atoms with van der Waals surface area (Å²) in [5, 5.41) is 2.87. The minimum Gasteiger partial charge on any atom is -0.469 e. The minimum absolute atomic E-state index is 0. The van der Waals surface area contributed by atoms with Crippen molar-refractivity contribution in [3.63, 3.8) is 0 Å². The molecule has 1 radical (unpaired) electrons. The third-order valence-electron chi connectivity index (χ3n) is 2.22. The van der Waals surface area contributed by atoms with Crippen molar-refractivity contribution in [2.75, 3.05) is 13.2 Å². The van der Waals surface area contributed by atoms with Crippen molar-refractivity contribution in [2.24, 2.45) is 0 Å². The van der Waals surface area contributed by atoms with Gasteiger partial charge in [0.15, 0.2) is 6.29 Å². The first-order valence-electron chi connectivity index (χ1n) is 5.63. The molecule has 4 heteroatoms. The van der Waals surface area contributed by atoms with E-state index in [4.69, 9.17) is 9.47 Å². The summed E-state index contributed by atoms with van der Waals surface area (Å²) >= 11 is 0. The van der Waals surface area contributed by atoms with E-state index in [9.17, 15) is 0 Å². The van der Waals surface area contributed by atoms with Crippen molar-refractivity contribution in [3.05, 3.63) is 42.4 Å². The van der Waals surface area contributed by atoms with Crippen LogP contribution in [0.1, 0.15) is 31.3 Å². The van der Waals surface area contributed by atoms with Gasteiger partial charge in [0.1, 0.15) is 0 Å². The van der Waals surface area contributed by atoms with Gasteiger partial charge in [0, 0.05) is 51.5 Å². The molecule has 0 bridgehead atoms. The number of nitrogens with one attached hydrogen (secondary N) is 1. The largest absolute Gasteiger partial charge is 0.469 e. The van der Waals surface area contributed by atoms with Gasteiger partial charge in [-0.3, -0.25) is 7.05 Å². The third kappa shape index (κ3) is 6.07. The van der Waals surface area contributed by atoms with Crippen LogP contribution in [-0.4, -0.2) is 13.2 Å². The van der Waals surface area contributed by atoms with Crippen LogP contribution in [0.5, 0.6) is 0 Å². The van der Waals surface area contributed by atoms with Crippen LogP contribution in [0.25, 0.3) is 0 Å². The second-order valence-electron chi connectivity index (χ2n) is 3.41. The normalized spacial score (nSPS) is 10.4. The average Bonchev–Trinajstić information content (AvgIpc) is 2.30. The summed E-state index contributed by atoms with van der Waals surface area (Å²) in [5.41, 5.74) is 2.25. The van der Waals surface area contributed by atoms with Crippen molar-refractivity contribution < 1.29 is 42.2 Å². The minimum atomic E-state index is -0.253. The molecule has 0 fully saturated rings. The molecule has 0 saturated carbocycles. The molecule has 0 aliphatic carbocycles. The van der Waals surface area contributed by atoms with E-state index < -0.39 is 0 Å². The third-order valence-corrected chi connectivity index (χ3v) is 2.22. The van der Waals surface area contributed by atoms with E-state index in [0.29, 0.717) is 13.2 Å². The predicted octanol–water partition coefficient (Wildman–Crippen LogP) is 2.64. The van der Waals surface area contributed by atoms with E-state index in [-0.39, 0.29) is 39.0 Å². The molecule has 17 heavy (non-hydrogen) atoms. The Balaban J connectivity index is 0.00000256. The molecule has 0 unspecified atom stereocenters. The van der Waals surface area contributed by atoms with Gasteiger partial charge in [0.25, 0.3) is 0 Å². The molecule has 1 N–H and O–H groups in total. The molecule has 0 heterocycles. The monoisotopic (exact) mass is 311 g/mol. The summed E-state index contributed by atoms with van der Waals surface area (Å²) in [4.78, 5) is 0. The van der Waals surface area contributed by atoms with Gasteiger partial charge in [-0.15, -0.1) is 0 Å². The van der Waals surface area contributed by atoms with Crippen LogP contribution >= 0.6 is 0 Å². The molecule has 1 aromatic carbocycles. The Kier molecular flexibility index (Phi) is 10.3. The predicted molar refractivity (Wildman–Crippen MR) is 64.6 cm³/mol. The van der Waals surface area contributed by atoms with Crippen LogP contribution in [0.3, 0.4) is 0 Å². The van der Waals surface area contributed by atoms with Crippen molar-refractivity contribution in [1.82, 2.24) is 5.32 Å². The van der Waals surface area contributed by atoms with Crippen LogP contribution in [0.2, 0.25) is 0 Å². The molecule has 1 rings (SSSR count). The fraction of sp³-hybridized carbons (Fsp3) is 0.462. The first-order valence-corrected chi connectivity index (χ1v) is 5.63. The summed E-state index contributed by atoms with van der Waals surface area (Å²) in [6.07, 6.45) is -0.253. The summed E-state index contributed by atoms with van der Waals surface area (Å²) in [6, 6.07) is 8.17. The van der Waals surface area contributed by atoms with Gasteiger partial charge in [0.2, 0.25) is 0 Å². The van der Waals surface area contributed by atoms with Crippen LogP contribution in [0, 0.1) is 7.05 Å². The van der Waals surface area contributed by atoms with Crippen molar-refractivity contribution in [3.8, 4) is 0 Å². The molecule has 93 valence electrons. The summed E-state index contributed by atoms with van der Waals surface area (Å²) in [7, 11) is 3.60. The van der Waals surface area contributed by atoms with Gasteiger partial charge in [-0.2, -0.15) is 0 Å². The number of ether oxygens (including phenoxy) is 2. The molecule has 0 amide bonds. The number of rotatable bonds is 7. The van der Waals surface area contributed by atoms with Crippen molar-refractivity contribution >= 4 is 0 Å². The average molecular weight is 311 g/mol. The molecule has 3 nitrogen and oxygen atoms in total. The Bertz CT molecular complexity index is 284. The number of hydrogen-bond donors (Lipinski definition) is 1. The van der Waals surface area contributed by atoms with Gasteiger partial charge in [0.05, 0.1) is 0 Å². The fourth-order valence-electron chi connectivity index (χ4n) is 1.48. The zero-order chi connectivity index (χ0) is 11.8. The molecule has 0 saturated heterocycles. The second kappa shape index (κ2) is 10.2. The van der Waals surface area contributed by atoms with E-state index in [1.54, 1.807) is 0 Å². The topological polar surface area (TPSA) is 30.5 Å². The van der Waals surface area contributed by atoms with Gasteiger partial charge < -0.3 is 14.8 Å². The number of hydrogen-bond acceptors (Lipinski definition) is 3. The molecule has 0 atom stereocenters. The summed E-state index contributed by atoms with van der Waals surface area (Å²) in [6.45, 7) is 5.99. The Morgan fingerprint density at radius 2 is 1.65 bits per heavy atom. The Hall–Kier alpha value is 0.204. The molecule has 1 aromatic rings. The first kappa shape index (κ1) is 17.2. The van der Waals surface area contributed by atoms with E-state index in [1.807, 2.05) is 26.0 Å². The molecular weight excluding hydrogens is 291 g/mol. The smallest absolute Gasteiger partial charge is 0.183 e. The van der Waals surface area contributed by atoms with Crippen LogP contribution in [0.4, 0.5) is 0 Å². The summed E-state index contributed by atoms with van der Waals surface area (Å²) in [5.74, 6) is 0. The maximum absolute atomic E-state index is 5.52. The SMILES string of the molecule is [CH2-]NCc1ccc(C(OCC)OCC)cc1.[Y]. The maximum atomic E-state index is 5.52. The molecular formula is C13H20NO2Y-. The fourth-order valence-corrected chi connectivity index (χ4v) is 1.48. The Morgan fingerprint density at radius 3 is 2.06 bits per heavy atom. The molecule has 0 aromatic heterocycles. The van der Waals surface area contributed by atoms with Crippen LogP contribution < -0.4 is 5.32 Å². The van der Waals surface area contributed by atoms with E-state index in [2.05, 4.69) is 24.5 Å². The summed E-state index contributed by atoms with van der Waals surface area (Å²) < 4.78 is 11.0.